The molecule has 1 aromatic rings. The summed E-state index contributed by atoms with van der Waals surface area (Å²) in [6, 6.07) is 6.55. The molecule has 0 aliphatic heterocycles. The molecule has 1 unspecified atom stereocenters. The van der Waals surface area contributed by atoms with E-state index in [2.05, 4.69) is 44.3 Å². The van der Waals surface area contributed by atoms with Crippen LogP contribution in [0.5, 0.6) is 0 Å². The summed E-state index contributed by atoms with van der Waals surface area (Å²) in [5.41, 5.74) is 3.76. The molecule has 0 bridgehead atoms. The van der Waals surface area contributed by atoms with E-state index in [0.29, 0.717) is 0 Å². The summed E-state index contributed by atoms with van der Waals surface area (Å²) < 4.78 is 10.8. The second-order valence-electron chi connectivity index (χ2n) is 4.63. The number of rotatable bonds is 7. The van der Waals surface area contributed by atoms with Crippen molar-refractivity contribution in [1.82, 2.24) is 5.32 Å². The van der Waals surface area contributed by atoms with Crippen molar-refractivity contribution in [2.24, 2.45) is 0 Å². The molecule has 102 valence electrons. The van der Waals surface area contributed by atoms with Gasteiger partial charge in [0.25, 0.3) is 0 Å². The van der Waals surface area contributed by atoms with Crippen LogP contribution in [0.25, 0.3) is 0 Å². The van der Waals surface area contributed by atoms with Gasteiger partial charge in [0.15, 0.2) is 6.29 Å². The summed E-state index contributed by atoms with van der Waals surface area (Å²) in [6.07, 6.45) is 0.818. The van der Waals surface area contributed by atoms with Gasteiger partial charge in [-0.25, -0.2) is 0 Å². The third-order valence-corrected chi connectivity index (χ3v) is 3.12. The number of ether oxygens (including phenoxy) is 2. The highest BCUT2D eigenvalue weighted by atomic mass is 16.7. The minimum absolute atomic E-state index is 0.0693. The second kappa shape index (κ2) is 7.52. The monoisotopic (exact) mass is 251 g/mol. The lowest BCUT2D eigenvalue weighted by atomic mass is 9.98. The van der Waals surface area contributed by atoms with E-state index in [9.17, 15) is 0 Å². The third kappa shape index (κ3) is 3.80. The van der Waals surface area contributed by atoms with Gasteiger partial charge in [-0.15, -0.1) is 0 Å². The first-order valence-corrected chi connectivity index (χ1v) is 6.50. The van der Waals surface area contributed by atoms with E-state index < -0.39 is 0 Å². The van der Waals surface area contributed by atoms with E-state index in [-0.39, 0.29) is 12.3 Å². The maximum absolute atomic E-state index is 5.42. The van der Waals surface area contributed by atoms with Gasteiger partial charge in [0, 0.05) is 14.2 Å². The van der Waals surface area contributed by atoms with Crippen molar-refractivity contribution in [3.63, 3.8) is 0 Å². The van der Waals surface area contributed by atoms with Crippen LogP contribution in [0.4, 0.5) is 0 Å². The van der Waals surface area contributed by atoms with Gasteiger partial charge in [-0.05, 0) is 37.9 Å². The maximum Gasteiger partial charge on any atom is 0.176 e. The first kappa shape index (κ1) is 15.2. The third-order valence-electron chi connectivity index (χ3n) is 3.12. The van der Waals surface area contributed by atoms with Crippen molar-refractivity contribution in [3.8, 4) is 0 Å². The van der Waals surface area contributed by atoms with E-state index in [0.717, 1.165) is 13.0 Å². The summed E-state index contributed by atoms with van der Waals surface area (Å²) >= 11 is 0. The van der Waals surface area contributed by atoms with E-state index >= 15 is 0 Å². The Bertz CT molecular complexity index is 362. The predicted molar refractivity (Wildman–Crippen MR) is 74.8 cm³/mol. The lowest BCUT2D eigenvalue weighted by Gasteiger charge is -2.27. The second-order valence-corrected chi connectivity index (χ2v) is 4.63. The summed E-state index contributed by atoms with van der Waals surface area (Å²) in [7, 11) is 3.36. The molecule has 0 heterocycles. The van der Waals surface area contributed by atoms with Crippen molar-refractivity contribution < 1.29 is 9.47 Å². The number of aryl methyl sites for hydroxylation is 2. The number of nitrogens with one attached hydrogen (secondary N) is 1. The van der Waals surface area contributed by atoms with Crippen molar-refractivity contribution in [3.05, 3.63) is 34.9 Å². The quantitative estimate of drug-likeness (QED) is 0.756. The first-order chi connectivity index (χ1) is 8.63. The summed E-state index contributed by atoms with van der Waals surface area (Å²) in [6.45, 7) is 7.33. The molecule has 18 heavy (non-hydrogen) atoms. The van der Waals surface area contributed by atoms with E-state index in [1.165, 1.54) is 16.7 Å². The van der Waals surface area contributed by atoms with E-state index in [1.807, 2.05) is 0 Å². The number of hydrogen-bond donors (Lipinski definition) is 1. The Balaban J connectivity index is 3.03. The molecule has 3 nitrogen and oxygen atoms in total. The standard InChI is InChI=1S/C15H25NO2/c1-6-9-16-14(15(17-4)18-5)13-10-11(2)7-8-12(13)3/h7-8,10,14-16H,6,9H2,1-5H3. The van der Waals surface area contributed by atoms with Crippen LogP contribution in [0.15, 0.2) is 18.2 Å². The number of benzene rings is 1. The molecule has 0 aliphatic rings. The van der Waals surface area contributed by atoms with Crippen LogP contribution < -0.4 is 5.32 Å². The van der Waals surface area contributed by atoms with Gasteiger partial charge in [0.1, 0.15) is 0 Å². The van der Waals surface area contributed by atoms with Crippen LogP contribution in [-0.2, 0) is 9.47 Å². The molecule has 0 amide bonds. The molecule has 1 rings (SSSR count). The Morgan fingerprint density at radius 2 is 1.83 bits per heavy atom. The van der Waals surface area contributed by atoms with Gasteiger partial charge in [-0.2, -0.15) is 0 Å². The molecular weight excluding hydrogens is 226 g/mol. The highest BCUT2D eigenvalue weighted by Gasteiger charge is 2.23. The van der Waals surface area contributed by atoms with Crippen LogP contribution >= 0.6 is 0 Å². The molecule has 0 radical (unpaired) electrons. The van der Waals surface area contributed by atoms with Gasteiger partial charge in [0.05, 0.1) is 6.04 Å². The van der Waals surface area contributed by atoms with Crippen LogP contribution in [0.1, 0.15) is 36.1 Å². The fourth-order valence-electron chi connectivity index (χ4n) is 2.12. The molecule has 0 saturated carbocycles. The zero-order chi connectivity index (χ0) is 13.5. The first-order valence-electron chi connectivity index (χ1n) is 6.50. The summed E-state index contributed by atoms with van der Waals surface area (Å²) in [5.74, 6) is 0. The molecule has 1 N–H and O–H groups in total. The Morgan fingerprint density at radius 3 is 2.39 bits per heavy atom. The topological polar surface area (TPSA) is 30.5 Å². The Kier molecular flexibility index (Phi) is 6.33. The van der Waals surface area contributed by atoms with Gasteiger partial charge in [0.2, 0.25) is 0 Å². The molecule has 1 aromatic carbocycles. The zero-order valence-corrected chi connectivity index (χ0v) is 12.1. The van der Waals surface area contributed by atoms with Gasteiger partial charge < -0.3 is 14.8 Å². The smallest absolute Gasteiger partial charge is 0.176 e. The van der Waals surface area contributed by atoms with Crippen LogP contribution in [0.3, 0.4) is 0 Å². The maximum atomic E-state index is 5.42. The normalized spacial score (nSPS) is 13.0. The van der Waals surface area contributed by atoms with Crippen molar-refractivity contribution >= 4 is 0 Å². The lowest BCUT2D eigenvalue weighted by Crippen LogP contribution is -2.35. The molecule has 0 aliphatic carbocycles. The predicted octanol–water partition coefficient (Wildman–Crippen LogP) is 2.96. The highest BCUT2D eigenvalue weighted by Crippen LogP contribution is 2.24. The van der Waals surface area contributed by atoms with Crippen molar-refractivity contribution in [1.29, 1.82) is 0 Å². The molecule has 3 heteroatoms. The minimum Gasteiger partial charge on any atom is -0.354 e. The number of methoxy groups -OCH3 is 2. The molecule has 0 fully saturated rings. The van der Waals surface area contributed by atoms with Gasteiger partial charge >= 0.3 is 0 Å². The largest absolute Gasteiger partial charge is 0.354 e. The lowest BCUT2D eigenvalue weighted by molar-refractivity contribution is -0.124. The van der Waals surface area contributed by atoms with Crippen molar-refractivity contribution in [2.75, 3.05) is 20.8 Å². The van der Waals surface area contributed by atoms with Crippen LogP contribution in [-0.4, -0.2) is 27.1 Å². The van der Waals surface area contributed by atoms with Crippen LogP contribution in [0.2, 0.25) is 0 Å². The molecule has 0 spiro atoms. The Hall–Kier alpha value is -0.900. The Morgan fingerprint density at radius 1 is 1.17 bits per heavy atom. The Labute approximate surface area is 110 Å². The molecule has 1 atom stereocenters. The fourth-order valence-corrected chi connectivity index (χ4v) is 2.12. The molecule has 0 saturated heterocycles. The molecular formula is C15H25NO2. The summed E-state index contributed by atoms with van der Waals surface area (Å²) in [4.78, 5) is 0. The van der Waals surface area contributed by atoms with E-state index in [1.54, 1.807) is 14.2 Å². The fraction of sp³-hybridized carbons (Fsp3) is 0.600. The van der Waals surface area contributed by atoms with Crippen molar-refractivity contribution in [2.45, 2.75) is 39.5 Å². The van der Waals surface area contributed by atoms with Crippen LogP contribution in [0, 0.1) is 13.8 Å². The van der Waals surface area contributed by atoms with Gasteiger partial charge in [-0.1, -0.05) is 30.7 Å². The van der Waals surface area contributed by atoms with E-state index in [4.69, 9.17) is 9.47 Å². The SMILES string of the molecule is CCCNC(c1cc(C)ccc1C)C(OC)OC. The highest BCUT2D eigenvalue weighted by molar-refractivity contribution is 5.33. The average Bonchev–Trinajstić information content (AvgIpc) is 2.38. The zero-order valence-electron chi connectivity index (χ0n) is 12.1. The average molecular weight is 251 g/mol. The summed E-state index contributed by atoms with van der Waals surface area (Å²) in [5, 5.41) is 3.51. The van der Waals surface area contributed by atoms with Gasteiger partial charge in [-0.3, -0.25) is 0 Å². The molecule has 0 aromatic heterocycles. The minimum atomic E-state index is -0.267. The number of hydrogen-bond acceptors (Lipinski definition) is 3.